The highest BCUT2D eigenvalue weighted by atomic mass is 16.1. The van der Waals surface area contributed by atoms with Crippen LogP contribution >= 0.6 is 0 Å². The molecule has 1 aromatic carbocycles. The van der Waals surface area contributed by atoms with Gasteiger partial charge in [0, 0.05) is 17.5 Å². The van der Waals surface area contributed by atoms with Gasteiger partial charge in [-0.1, -0.05) is 45.4 Å². The molecule has 0 radical (unpaired) electrons. The second kappa shape index (κ2) is 4.52. The van der Waals surface area contributed by atoms with E-state index in [1.165, 1.54) is 5.56 Å². The van der Waals surface area contributed by atoms with Crippen LogP contribution in [-0.4, -0.2) is 5.91 Å². The standard InChI is InChI=1S/C15H21NO/c1-11(2)8-9-15(3)10-14(17)16-13-7-5-4-6-12(13)15/h4-7,11H,8-10H2,1-3H3,(H,16,17)/t15-/m0/s1. The number of fused-ring (bicyclic) bond motifs is 1. The summed E-state index contributed by atoms with van der Waals surface area (Å²) in [4.78, 5) is 11.8. The molecule has 0 saturated carbocycles. The lowest BCUT2D eigenvalue weighted by Crippen LogP contribution is -2.35. The molecule has 2 rings (SSSR count). The van der Waals surface area contributed by atoms with Crippen molar-refractivity contribution in [3.63, 3.8) is 0 Å². The fraction of sp³-hybridized carbons (Fsp3) is 0.533. The minimum Gasteiger partial charge on any atom is -0.326 e. The van der Waals surface area contributed by atoms with E-state index in [1.807, 2.05) is 12.1 Å². The third kappa shape index (κ3) is 2.51. The number of carbonyl (C=O) groups is 1. The maximum Gasteiger partial charge on any atom is 0.225 e. The average Bonchev–Trinajstić information content (AvgIpc) is 2.26. The van der Waals surface area contributed by atoms with Crippen molar-refractivity contribution in [2.45, 2.75) is 45.4 Å². The lowest BCUT2D eigenvalue weighted by Gasteiger charge is -2.36. The first kappa shape index (κ1) is 12.2. The van der Waals surface area contributed by atoms with Gasteiger partial charge in [-0.25, -0.2) is 0 Å². The number of rotatable bonds is 3. The summed E-state index contributed by atoms with van der Waals surface area (Å²) in [7, 11) is 0. The Morgan fingerprint density at radius 2 is 2.06 bits per heavy atom. The second-order valence-electron chi connectivity index (χ2n) is 5.76. The Kier molecular flexibility index (Phi) is 3.23. The van der Waals surface area contributed by atoms with Crippen LogP contribution in [0.2, 0.25) is 0 Å². The van der Waals surface area contributed by atoms with E-state index in [1.54, 1.807) is 0 Å². The van der Waals surface area contributed by atoms with E-state index in [4.69, 9.17) is 0 Å². The van der Waals surface area contributed by atoms with Crippen LogP contribution in [0.1, 0.15) is 45.6 Å². The lowest BCUT2D eigenvalue weighted by atomic mass is 9.72. The van der Waals surface area contributed by atoms with E-state index in [0.717, 1.165) is 18.5 Å². The Bertz CT molecular complexity index is 425. The largest absolute Gasteiger partial charge is 0.326 e. The van der Waals surface area contributed by atoms with Gasteiger partial charge in [0.15, 0.2) is 0 Å². The number of para-hydroxylation sites is 1. The van der Waals surface area contributed by atoms with Crippen molar-refractivity contribution in [3.8, 4) is 0 Å². The Balaban J connectivity index is 2.30. The number of benzene rings is 1. The van der Waals surface area contributed by atoms with Crippen molar-refractivity contribution in [2.75, 3.05) is 5.32 Å². The average molecular weight is 231 g/mol. The van der Waals surface area contributed by atoms with Crippen molar-refractivity contribution < 1.29 is 4.79 Å². The normalized spacial score (nSPS) is 23.4. The van der Waals surface area contributed by atoms with Crippen molar-refractivity contribution >= 4 is 11.6 Å². The van der Waals surface area contributed by atoms with Crippen LogP contribution < -0.4 is 5.32 Å². The number of hydrogen-bond acceptors (Lipinski definition) is 1. The van der Waals surface area contributed by atoms with Crippen molar-refractivity contribution in [3.05, 3.63) is 29.8 Å². The van der Waals surface area contributed by atoms with Crippen LogP contribution in [0, 0.1) is 5.92 Å². The van der Waals surface area contributed by atoms with Crippen LogP contribution in [0.4, 0.5) is 5.69 Å². The maximum atomic E-state index is 11.8. The molecule has 0 aliphatic carbocycles. The summed E-state index contributed by atoms with van der Waals surface area (Å²) in [5.41, 5.74) is 2.29. The number of carbonyl (C=O) groups excluding carboxylic acids is 1. The molecule has 1 amide bonds. The molecule has 0 unspecified atom stereocenters. The van der Waals surface area contributed by atoms with Crippen molar-refractivity contribution in [1.82, 2.24) is 0 Å². The van der Waals surface area contributed by atoms with Gasteiger partial charge in [-0.05, 0) is 24.0 Å². The summed E-state index contributed by atoms with van der Waals surface area (Å²) in [6.07, 6.45) is 2.85. The van der Waals surface area contributed by atoms with Gasteiger partial charge in [0.1, 0.15) is 0 Å². The third-order valence-corrected chi connectivity index (χ3v) is 3.68. The van der Waals surface area contributed by atoms with E-state index >= 15 is 0 Å². The predicted octanol–water partition coefficient (Wildman–Crippen LogP) is 3.72. The highest BCUT2D eigenvalue weighted by Gasteiger charge is 2.35. The number of amides is 1. The molecule has 0 saturated heterocycles. The SMILES string of the molecule is CC(C)CC[C@@]1(C)CC(=O)Nc2ccccc21. The molecule has 1 N–H and O–H groups in total. The van der Waals surface area contributed by atoms with Crippen LogP contribution in [0.5, 0.6) is 0 Å². The van der Waals surface area contributed by atoms with Gasteiger partial charge >= 0.3 is 0 Å². The molecule has 2 nitrogen and oxygen atoms in total. The number of nitrogens with one attached hydrogen (secondary N) is 1. The zero-order valence-corrected chi connectivity index (χ0v) is 10.9. The molecular formula is C15H21NO. The molecule has 0 aromatic heterocycles. The fourth-order valence-corrected chi connectivity index (χ4v) is 2.59. The summed E-state index contributed by atoms with van der Waals surface area (Å²) in [6, 6.07) is 8.19. The Morgan fingerprint density at radius 3 is 2.76 bits per heavy atom. The molecule has 1 aliphatic heterocycles. The number of hydrogen-bond donors (Lipinski definition) is 1. The number of anilines is 1. The highest BCUT2D eigenvalue weighted by molar-refractivity contribution is 5.95. The molecule has 1 heterocycles. The smallest absolute Gasteiger partial charge is 0.225 e. The van der Waals surface area contributed by atoms with Gasteiger partial charge in [-0.3, -0.25) is 4.79 Å². The Morgan fingerprint density at radius 1 is 1.35 bits per heavy atom. The molecule has 0 spiro atoms. The summed E-state index contributed by atoms with van der Waals surface area (Å²) in [5.74, 6) is 0.832. The maximum absolute atomic E-state index is 11.8. The van der Waals surface area contributed by atoms with Gasteiger partial charge in [0.25, 0.3) is 0 Å². The van der Waals surface area contributed by atoms with E-state index < -0.39 is 0 Å². The third-order valence-electron chi connectivity index (χ3n) is 3.68. The van der Waals surface area contributed by atoms with Gasteiger partial charge < -0.3 is 5.32 Å². The minimum atomic E-state index is 0.00317. The van der Waals surface area contributed by atoms with Crippen LogP contribution in [0.25, 0.3) is 0 Å². The molecule has 92 valence electrons. The molecule has 17 heavy (non-hydrogen) atoms. The van der Waals surface area contributed by atoms with Crippen molar-refractivity contribution in [2.24, 2.45) is 5.92 Å². The zero-order valence-electron chi connectivity index (χ0n) is 10.9. The highest BCUT2D eigenvalue weighted by Crippen LogP contribution is 2.41. The summed E-state index contributed by atoms with van der Waals surface area (Å²) >= 11 is 0. The van der Waals surface area contributed by atoms with E-state index in [2.05, 4.69) is 38.2 Å². The zero-order chi connectivity index (χ0) is 12.5. The van der Waals surface area contributed by atoms with Crippen molar-refractivity contribution in [1.29, 1.82) is 0 Å². The minimum absolute atomic E-state index is 0.00317. The molecule has 1 atom stereocenters. The van der Waals surface area contributed by atoms with Gasteiger partial charge in [0.2, 0.25) is 5.91 Å². The quantitative estimate of drug-likeness (QED) is 0.844. The molecule has 1 aromatic rings. The lowest BCUT2D eigenvalue weighted by molar-refractivity contribution is -0.117. The monoisotopic (exact) mass is 231 g/mol. The predicted molar refractivity (Wildman–Crippen MR) is 71.1 cm³/mol. The first-order chi connectivity index (χ1) is 8.01. The first-order valence-electron chi connectivity index (χ1n) is 6.41. The molecule has 0 fully saturated rings. The Hall–Kier alpha value is -1.31. The second-order valence-corrected chi connectivity index (χ2v) is 5.76. The molecule has 1 aliphatic rings. The van der Waals surface area contributed by atoms with Gasteiger partial charge in [0.05, 0.1) is 0 Å². The molecule has 0 bridgehead atoms. The summed E-state index contributed by atoms with van der Waals surface area (Å²) < 4.78 is 0. The summed E-state index contributed by atoms with van der Waals surface area (Å²) in [6.45, 7) is 6.68. The molecule has 2 heteroatoms. The first-order valence-corrected chi connectivity index (χ1v) is 6.41. The topological polar surface area (TPSA) is 29.1 Å². The van der Waals surface area contributed by atoms with E-state index in [9.17, 15) is 4.79 Å². The van der Waals surface area contributed by atoms with Crippen LogP contribution in [0.15, 0.2) is 24.3 Å². The van der Waals surface area contributed by atoms with Gasteiger partial charge in [-0.15, -0.1) is 0 Å². The van der Waals surface area contributed by atoms with E-state index in [0.29, 0.717) is 12.3 Å². The van der Waals surface area contributed by atoms with E-state index in [-0.39, 0.29) is 11.3 Å². The van der Waals surface area contributed by atoms with Gasteiger partial charge in [-0.2, -0.15) is 0 Å². The fourth-order valence-electron chi connectivity index (χ4n) is 2.59. The molecular weight excluding hydrogens is 210 g/mol. The Labute approximate surface area is 103 Å². The van der Waals surface area contributed by atoms with Crippen LogP contribution in [0.3, 0.4) is 0 Å². The summed E-state index contributed by atoms with van der Waals surface area (Å²) in [5, 5.41) is 2.96. The van der Waals surface area contributed by atoms with Crippen LogP contribution in [-0.2, 0) is 10.2 Å².